The maximum Gasteiger partial charge on any atom is 0.251 e. The van der Waals surface area contributed by atoms with Gasteiger partial charge in [0.1, 0.15) is 5.75 Å². The molecule has 92 valence electrons. The Morgan fingerprint density at radius 3 is 2.53 bits per heavy atom. The summed E-state index contributed by atoms with van der Waals surface area (Å²) in [4.78, 5) is 12.3. The van der Waals surface area contributed by atoms with Crippen molar-refractivity contribution in [3.63, 3.8) is 0 Å². The molecule has 0 saturated heterocycles. The number of aromatic hydroxyl groups is 1. The number of nitrogens with one attached hydrogen (secondary N) is 1. The molecule has 1 saturated carbocycles. The Kier molecular flexibility index (Phi) is 4.05. The lowest BCUT2D eigenvalue weighted by Gasteiger charge is -2.28. The van der Waals surface area contributed by atoms with Crippen LogP contribution >= 0.6 is 15.9 Å². The molecule has 1 fully saturated rings. The van der Waals surface area contributed by atoms with E-state index in [4.69, 9.17) is 5.11 Å². The SMILES string of the molecule is O=C(NC1CCCCC1Br)c1ccc(O)cc1. The highest BCUT2D eigenvalue weighted by Crippen LogP contribution is 2.24. The van der Waals surface area contributed by atoms with Gasteiger partial charge in [0.15, 0.2) is 0 Å². The second-order valence-electron chi connectivity index (χ2n) is 4.43. The first kappa shape index (κ1) is 12.4. The van der Waals surface area contributed by atoms with Crippen LogP contribution in [0, 0.1) is 0 Å². The highest BCUT2D eigenvalue weighted by molar-refractivity contribution is 9.09. The molecular weight excluding hydrogens is 282 g/mol. The molecule has 2 N–H and O–H groups in total. The number of benzene rings is 1. The standard InChI is InChI=1S/C13H16BrNO2/c14-11-3-1-2-4-12(11)15-13(17)9-5-7-10(16)8-6-9/h5-8,11-12,16H,1-4H2,(H,15,17). The number of hydrogen-bond acceptors (Lipinski definition) is 2. The Labute approximate surface area is 109 Å². The van der Waals surface area contributed by atoms with Gasteiger partial charge in [0, 0.05) is 16.4 Å². The van der Waals surface area contributed by atoms with Crippen molar-refractivity contribution in [2.24, 2.45) is 0 Å². The van der Waals surface area contributed by atoms with E-state index >= 15 is 0 Å². The molecule has 0 aliphatic heterocycles. The molecule has 1 amide bonds. The summed E-state index contributed by atoms with van der Waals surface area (Å²) in [7, 11) is 0. The number of carbonyl (C=O) groups excluding carboxylic acids is 1. The summed E-state index contributed by atoms with van der Waals surface area (Å²) in [5.74, 6) is 0.110. The molecule has 2 rings (SSSR count). The Bertz CT molecular complexity index is 391. The molecule has 0 bridgehead atoms. The van der Waals surface area contributed by atoms with Crippen molar-refractivity contribution >= 4 is 21.8 Å². The Morgan fingerprint density at radius 2 is 1.88 bits per heavy atom. The second kappa shape index (κ2) is 5.54. The van der Waals surface area contributed by atoms with Gasteiger partial charge in [0.25, 0.3) is 5.91 Å². The molecule has 1 aliphatic rings. The van der Waals surface area contributed by atoms with E-state index in [1.807, 2.05) is 0 Å². The third-order valence-electron chi connectivity index (χ3n) is 3.13. The predicted octanol–water partition coefficient (Wildman–Crippen LogP) is 2.83. The fourth-order valence-corrected chi connectivity index (χ4v) is 2.83. The highest BCUT2D eigenvalue weighted by Gasteiger charge is 2.24. The van der Waals surface area contributed by atoms with E-state index in [9.17, 15) is 4.79 Å². The Hall–Kier alpha value is -1.03. The molecule has 2 atom stereocenters. The monoisotopic (exact) mass is 297 g/mol. The number of amides is 1. The van der Waals surface area contributed by atoms with Gasteiger partial charge >= 0.3 is 0 Å². The average Bonchev–Trinajstić information content (AvgIpc) is 2.33. The summed E-state index contributed by atoms with van der Waals surface area (Å²) in [5.41, 5.74) is 0.591. The van der Waals surface area contributed by atoms with Crippen LogP contribution in [0.15, 0.2) is 24.3 Å². The zero-order valence-corrected chi connectivity index (χ0v) is 11.1. The van der Waals surface area contributed by atoms with Crippen molar-refractivity contribution in [3.8, 4) is 5.75 Å². The Balaban J connectivity index is 1.98. The van der Waals surface area contributed by atoms with Crippen LogP contribution in [0.1, 0.15) is 36.0 Å². The van der Waals surface area contributed by atoms with Gasteiger partial charge in [-0.25, -0.2) is 0 Å². The van der Waals surface area contributed by atoms with Gasteiger partial charge in [0.05, 0.1) is 0 Å². The van der Waals surface area contributed by atoms with Gasteiger partial charge in [-0.05, 0) is 37.1 Å². The molecule has 1 aromatic carbocycles. The lowest BCUT2D eigenvalue weighted by molar-refractivity contribution is 0.0930. The molecule has 0 aromatic heterocycles. The summed E-state index contributed by atoms with van der Waals surface area (Å²) < 4.78 is 0. The van der Waals surface area contributed by atoms with Crippen LogP contribution in [0.25, 0.3) is 0 Å². The zero-order chi connectivity index (χ0) is 12.3. The molecule has 0 heterocycles. The first-order chi connectivity index (χ1) is 8.16. The van der Waals surface area contributed by atoms with Gasteiger partial charge in [-0.15, -0.1) is 0 Å². The Morgan fingerprint density at radius 1 is 1.24 bits per heavy atom. The molecule has 0 radical (unpaired) electrons. The van der Waals surface area contributed by atoms with Crippen molar-refractivity contribution < 1.29 is 9.90 Å². The van der Waals surface area contributed by atoms with E-state index in [1.165, 1.54) is 25.0 Å². The van der Waals surface area contributed by atoms with Crippen LogP contribution in [0.3, 0.4) is 0 Å². The third-order valence-corrected chi connectivity index (χ3v) is 4.22. The summed E-state index contributed by atoms with van der Waals surface area (Å²) in [6.07, 6.45) is 4.53. The van der Waals surface area contributed by atoms with Crippen LogP contribution in [0.5, 0.6) is 5.75 Å². The van der Waals surface area contributed by atoms with Crippen molar-refractivity contribution in [2.45, 2.75) is 36.6 Å². The maximum absolute atomic E-state index is 12.0. The minimum atomic E-state index is -0.0682. The van der Waals surface area contributed by atoms with Gasteiger partial charge in [-0.2, -0.15) is 0 Å². The van der Waals surface area contributed by atoms with E-state index in [0.717, 1.165) is 12.8 Å². The van der Waals surface area contributed by atoms with E-state index in [0.29, 0.717) is 10.4 Å². The summed E-state index contributed by atoms with van der Waals surface area (Å²) in [6, 6.07) is 6.54. The van der Waals surface area contributed by atoms with Gasteiger partial charge in [-0.1, -0.05) is 28.8 Å². The molecule has 1 aliphatic carbocycles. The van der Waals surface area contributed by atoms with E-state index in [-0.39, 0.29) is 17.7 Å². The van der Waals surface area contributed by atoms with Crippen molar-refractivity contribution in [2.75, 3.05) is 0 Å². The van der Waals surface area contributed by atoms with Crippen LogP contribution in [-0.2, 0) is 0 Å². The minimum Gasteiger partial charge on any atom is -0.508 e. The van der Waals surface area contributed by atoms with Gasteiger partial charge < -0.3 is 10.4 Å². The number of phenolic OH excluding ortho intramolecular Hbond substituents is 1. The van der Waals surface area contributed by atoms with Gasteiger partial charge in [-0.3, -0.25) is 4.79 Å². The number of rotatable bonds is 2. The summed E-state index contributed by atoms with van der Waals surface area (Å²) in [5, 5.41) is 12.2. The number of phenols is 1. The maximum atomic E-state index is 12.0. The molecule has 3 nitrogen and oxygen atoms in total. The topological polar surface area (TPSA) is 49.3 Å². The fourth-order valence-electron chi connectivity index (χ4n) is 2.11. The molecule has 0 spiro atoms. The molecule has 17 heavy (non-hydrogen) atoms. The van der Waals surface area contributed by atoms with Crippen molar-refractivity contribution in [1.29, 1.82) is 0 Å². The largest absolute Gasteiger partial charge is 0.508 e. The van der Waals surface area contributed by atoms with E-state index in [2.05, 4.69) is 21.2 Å². The zero-order valence-electron chi connectivity index (χ0n) is 9.53. The molecular formula is C13H16BrNO2. The minimum absolute atomic E-state index is 0.0682. The quantitative estimate of drug-likeness (QED) is 0.825. The molecule has 4 heteroatoms. The van der Waals surface area contributed by atoms with Gasteiger partial charge in [0.2, 0.25) is 0 Å². The number of carbonyl (C=O) groups is 1. The second-order valence-corrected chi connectivity index (χ2v) is 5.60. The molecule has 2 unspecified atom stereocenters. The predicted molar refractivity (Wildman–Crippen MR) is 70.5 cm³/mol. The summed E-state index contributed by atoms with van der Waals surface area (Å²) >= 11 is 3.61. The van der Waals surface area contributed by atoms with Crippen LogP contribution in [-0.4, -0.2) is 21.9 Å². The van der Waals surface area contributed by atoms with Crippen LogP contribution in [0.2, 0.25) is 0 Å². The average molecular weight is 298 g/mol. The third kappa shape index (κ3) is 3.22. The lowest BCUT2D eigenvalue weighted by atomic mass is 9.95. The van der Waals surface area contributed by atoms with Crippen molar-refractivity contribution in [3.05, 3.63) is 29.8 Å². The first-order valence-corrected chi connectivity index (χ1v) is 6.82. The smallest absolute Gasteiger partial charge is 0.251 e. The normalized spacial score (nSPS) is 24.3. The number of hydrogen-bond donors (Lipinski definition) is 2. The van der Waals surface area contributed by atoms with Crippen molar-refractivity contribution in [1.82, 2.24) is 5.32 Å². The first-order valence-electron chi connectivity index (χ1n) is 5.91. The summed E-state index contributed by atoms with van der Waals surface area (Å²) in [6.45, 7) is 0. The number of alkyl halides is 1. The fraction of sp³-hybridized carbons (Fsp3) is 0.462. The lowest BCUT2D eigenvalue weighted by Crippen LogP contribution is -2.42. The van der Waals surface area contributed by atoms with E-state index < -0.39 is 0 Å². The highest BCUT2D eigenvalue weighted by atomic mass is 79.9. The number of halogens is 1. The van der Waals surface area contributed by atoms with E-state index in [1.54, 1.807) is 12.1 Å². The molecule has 1 aromatic rings. The van der Waals surface area contributed by atoms with Crippen LogP contribution in [0.4, 0.5) is 0 Å². The van der Waals surface area contributed by atoms with Crippen LogP contribution < -0.4 is 5.32 Å².